The number of nitrogens with zero attached hydrogens (tertiary/aromatic N) is 3. The van der Waals surface area contributed by atoms with E-state index in [-0.39, 0.29) is 6.03 Å². The molecule has 114 valence electrons. The molecule has 23 heavy (non-hydrogen) atoms. The Bertz CT molecular complexity index is 845. The van der Waals surface area contributed by atoms with E-state index in [1.165, 1.54) is 12.0 Å². The lowest BCUT2D eigenvalue weighted by molar-refractivity contribution is 0.257. The summed E-state index contributed by atoms with van der Waals surface area (Å²) in [5.41, 5.74) is 3.62. The minimum absolute atomic E-state index is 0.141. The zero-order valence-corrected chi connectivity index (χ0v) is 12.3. The number of benzene rings is 2. The van der Waals surface area contributed by atoms with Crippen molar-refractivity contribution in [1.82, 2.24) is 10.2 Å². The highest BCUT2D eigenvalue weighted by Crippen LogP contribution is 2.28. The number of urea groups is 1. The van der Waals surface area contributed by atoms with Gasteiger partial charge in [-0.25, -0.2) is 4.79 Å². The van der Waals surface area contributed by atoms with Crippen molar-refractivity contribution in [3.63, 3.8) is 0 Å². The van der Waals surface area contributed by atoms with Gasteiger partial charge in [-0.05, 0) is 36.2 Å². The molecule has 2 amide bonds. The van der Waals surface area contributed by atoms with E-state index >= 15 is 0 Å². The summed E-state index contributed by atoms with van der Waals surface area (Å²) in [6.45, 7) is 0.689. The van der Waals surface area contributed by atoms with Crippen LogP contribution in [-0.2, 0) is 6.42 Å². The second-order valence-electron chi connectivity index (χ2n) is 5.29. The van der Waals surface area contributed by atoms with Gasteiger partial charge in [0.05, 0.1) is 0 Å². The van der Waals surface area contributed by atoms with Crippen molar-refractivity contribution >= 4 is 17.4 Å². The molecule has 0 bridgehead atoms. The largest absolute Gasteiger partial charge is 0.423 e. The van der Waals surface area contributed by atoms with Crippen LogP contribution in [0.5, 0.6) is 0 Å². The second-order valence-corrected chi connectivity index (χ2v) is 5.29. The average molecular weight is 306 g/mol. The first kappa shape index (κ1) is 13.5. The molecule has 1 aliphatic heterocycles. The van der Waals surface area contributed by atoms with E-state index in [0.29, 0.717) is 18.1 Å². The van der Waals surface area contributed by atoms with Gasteiger partial charge in [-0.1, -0.05) is 24.3 Å². The highest BCUT2D eigenvalue weighted by Gasteiger charge is 2.24. The molecule has 6 nitrogen and oxygen atoms in total. The Morgan fingerprint density at radius 3 is 2.96 bits per heavy atom. The van der Waals surface area contributed by atoms with Gasteiger partial charge in [-0.3, -0.25) is 4.90 Å². The standard InChI is InChI=1S/C17H14N4O2/c22-17(21-9-8-12-4-1-2-7-15(12)21)19-14-6-3-5-13(10-14)16-20-18-11-23-16/h1-7,10-11H,8-9H2,(H,19,22). The molecule has 3 aromatic rings. The molecule has 0 radical (unpaired) electrons. The number of amides is 2. The van der Waals surface area contributed by atoms with Gasteiger partial charge >= 0.3 is 6.03 Å². The number of carbonyl (C=O) groups excluding carboxylic acids is 1. The SMILES string of the molecule is O=C(Nc1cccc(-c2nnco2)c1)N1CCc2ccccc21. The fourth-order valence-electron chi connectivity index (χ4n) is 2.77. The highest BCUT2D eigenvalue weighted by molar-refractivity contribution is 6.03. The fourth-order valence-corrected chi connectivity index (χ4v) is 2.77. The van der Waals surface area contributed by atoms with Crippen LogP contribution in [0.15, 0.2) is 59.3 Å². The van der Waals surface area contributed by atoms with Crippen molar-refractivity contribution in [2.24, 2.45) is 0 Å². The first-order valence-electron chi connectivity index (χ1n) is 7.34. The number of hydrogen-bond acceptors (Lipinski definition) is 4. The molecule has 1 N–H and O–H groups in total. The smallest absolute Gasteiger partial charge is 0.326 e. The number of carbonyl (C=O) groups is 1. The van der Waals surface area contributed by atoms with Gasteiger partial charge < -0.3 is 9.73 Å². The van der Waals surface area contributed by atoms with Crippen molar-refractivity contribution in [3.8, 4) is 11.5 Å². The zero-order chi connectivity index (χ0) is 15.6. The van der Waals surface area contributed by atoms with Crippen LogP contribution in [-0.4, -0.2) is 22.8 Å². The van der Waals surface area contributed by atoms with Crippen LogP contribution >= 0.6 is 0 Å². The summed E-state index contributed by atoms with van der Waals surface area (Å²) in [6, 6.07) is 15.2. The molecule has 2 heterocycles. The highest BCUT2D eigenvalue weighted by atomic mass is 16.4. The second kappa shape index (κ2) is 5.57. The lowest BCUT2D eigenvalue weighted by Gasteiger charge is -2.18. The minimum Gasteiger partial charge on any atom is -0.423 e. The van der Waals surface area contributed by atoms with E-state index in [2.05, 4.69) is 21.6 Å². The molecule has 0 aliphatic carbocycles. The Labute approximate surface area is 132 Å². The Hall–Kier alpha value is -3.15. The maximum absolute atomic E-state index is 12.5. The maximum atomic E-state index is 12.5. The predicted octanol–water partition coefficient (Wildman–Crippen LogP) is 3.33. The number of para-hydroxylation sites is 1. The fraction of sp³-hybridized carbons (Fsp3) is 0.118. The predicted molar refractivity (Wildman–Crippen MR) is 86.2 cm³/mol. The zero-order valence-electron chi connectivity index (χ0n) is 12.3. The Balaban J connectivity index is 1.55. The Morgan fingerprint density at radius 1 is 1.17 bits per heavy atom. The van der Waals surface area contributed by atoms with Crippen molar-refractivity contribution in [1.29, 1.82) is 0 Å². The molecule has 0 unspecified atom stereocenters. The lowest BCUT2D eigenvalue weighted by atomic mass is 10.2. The summed E-state index contributed by atoms with van der Waals surface area (Å²) in [7, 11) is 0. The summed E-state index contributed by atoms with van der Waals surface area (Å²) in [6.07, 6.45) is 2.16. The number of nitrogens with one attached hydrogen (secondary N) is 1. The third-order valence-corrected chi connectivity index (χ3v) is 3.85. The van der Waals surface area contributed by atoms with Gasteiger partial charge in [0, 0.05) is 23.5 Å². The van der Waals surface area contributed by atoms with Crippen LogP contribution in [0.25, 0.3) is 11.5 Å². The van der Waals surface area contributed by atoms with Gasteiger partial charge in [0.15, 0.2) is 0 Å². The molecule has 1 aromatic heterocycles. The van der Waals surface area contributed by atoms with E-state index in [9.17, 15) is 4.79 Å². The summed E-state index contributed by atoms with van der Waals surface area (Å²) in [5, 5.41) is 10.5. The molecule has 0 atom stereocenters. The molecule has 0 fully saturated rings. The molecule has 0 spiro atoms. The quantitative estimate of drug-likeness (QED) is 0.788. The van der Waals surface area contributed by atoms with Gasteiger partial charge in [-0.2, -0.15) is 0 Å². The van der Waals surface area contributed by atoms with Crippen LogP contribution in [0.4, 0.5) is 16.2 Å². The molecule has 4 rings (SSSR count). The number of fused-ring (bicyclic) bond motifs is 1. The Morgan fingerprint density at radius 2 is 2.09 bits per heavy atom. The van der Waals surface area contributed by atoms with Crippen molar-refractivity contribution in [2.45, 2.75) is 6.42 Å². The van der Waals surface area contributed by atoms with Gasteiger partial charge in [0.25, 0.3) is 0 Å². The number of anilines is 2. The van der Waals surface area contributed by atoms with Crippen molar-refractivity contribution in [2.75, 3.05) is 16.8 Å². The monoisotopic (exact) mass is 306 g/mol. The molecular weight excluding hydrogens is 292 g/mol. The molecule has 0 saturated heterocycles. The molecule has 2 aromatic carbocycles. The van der Waals surface area contributed by atoms with Crippen LogP contribution in [0.1, 0.15) is 5.56 Å². The van der Waals surface area contributed by atoms with Gasteiger partial charge in [-0.15, -0.1) is 10.2 Å². The molecule has 0 saturated carbocycles. The third kappa shape index (κ3) is 2.55. The first-order chi connectivity index (χ1) is 11.3. The number of rotatable bonds is 2. The van der Waals surface area contributed by atoms with E-state index in [0.717, 1.165) is 17.7 Å². The van der Waals surface area contributed by atoms with E-state index in [1.54, 1.807) is 4.90 Å². The van der Waals surface area contributed by atoms with Gasteiger partial charge in [0.1, 0.15) is 0 Å². The first-order valence-corrected chi connectivity index (χ1v) is 7.34. The molecule has 6 heteroatoms. The summed E-state index contributed by atoms with van der Waals surface area (Å²) >= 11 is 0. The normalized spacial score (nSPS) is 13.0. The summed E-state index contributed by atoms with van der Waals surface area (Å²) in [4.78, 5) is 14.3. The van der Waals surface area contributed by atoms with Crippen LogP contribution in [0, 0.1) is 0 Å². The third-order valence-electron chi connectivity index (χ3n) is 3.85. The maximum Gasteiger partial charge on any atom is 0.326 e. The number of aromatic nitrogens is 2. The van der Waals surface area contributed by atoms with Crippen LogP contribution in [0.3, 0.4) is 0 Å². The van der Waals surface area contributed by atoms with Crippen LogP contribution < -0.4 is 10.2 Å². The van der Waals surface area contributed by atoms with Crippen molar-refractivity contribution < 1.29 is 9.21 Å². The van der Waals surface area contributed by atoms with E-state index < -0.39 is 0 Å². The summed E-state index contributed by atoms with van der Waals surface area (Å²) in [5.74, 6) is 0.424. The molecule has 1 aliphatic rings. The van der Waals surface area contributed by atoms with E-state index in [4.69, 9.17) is 4.42 Å². The minimum atomic E-state index is -0.141. The topological polar surface area (TPSA) is 71.3 Å². The van der Waals surface area contributed by atoms with Gasteiger partial charge in [0.2, 0.25) is 12.3 Å². The average Bonchev–Trinajstić information content (AvgIpc) is 3.25. The molecular formula is C17H14N4O2. The van der Waals surface area contributed by atoms with Crippen LogP contribution in [0.2, 0.25) is 0 Å². The summed E-state index contributed by atoms with van der Waals surface area (Å²) < 4.78 is 5.18. The van der Waals surface area contributed by atoms with Crippen molar-refractivity contribution in [3.05, 3.63) is 60.5 Å². The number of hydrogen-bond donors (Lipinski definition) is 1. The lowest BCUT2D eigenvalue weighted by Crippen LogP contribution is -2.33. The Kier molecular flexibility index (Phi) is 3.27. The van der Waals surface area contributed by atoms with E-state index in [1.807, 2.05) is 42.5 Å².